The minimum atomic E-state index is -0.328. The molecule has 3 N–H and O–H groups in total. The van der Waals surface area contributed by atoms with Gasteiger partial charge in [-0.3, -0.25) is 9.78 Å². The second-order valence-electron chi connectivity index (χ2n) is 4.27. The number of phenolic OH excluding ortho intramolecular Hbond substituents is 1. The van der Waals surface area contributed by atoms with Crippen molar-refractivity contribution >= 4 is 27.6 Å². The maximum atomic E-state index is 11.4. The third-order valence-corrected chi connectivity index (χ3v) is 3.25. The summed E-state index contributed by atoms with van der Waals surface area (Å²) in [4.78, 5) is 13.9. The first-order chi connectivity index (χ1) is 10.0. The van der Waals surface area contributed by atoms with Crippen molar-refractivity contribution in [2.45, 2.75) is 20.3 Å². The van der Waals surface area contributed by atoms with Gasteiger partial charge >= 0.3 is 0 Å². The van der Waals surface area contributed by atoms with Gasteiger partial charge in [-0.1, -0.05) is 22.9 Å². The van der Waals surface area contributed by atoms with E-state index < -0.39 is 0 Å². The quantitative estimate of drug-likeness (QED) is 0.578. The molecule has 1 aromatic heterocycles. The van der Waals surface area contributed by atoms with Crippen molar-refractivity contribution < 1.29 is 5.11 Å². The third kappa shape index (κ3) is 3.66. The molecule has 0 atom stereocenters. The summed E-state index contributed by atoms with van der Waals surface area (Å²) in [7, 11) is 0. The Balaban J connectivity index is 2.30. The summed E-state index contributed by atoms with van der Waals surface area (Å²) in [6.45, 7) is 3.47. The molecule has 0 fully saturated rings. The van der Waals surface area contributed by atoms with Crippen LogP contribution in [0, 0.1) is 6.92 Å². The number of hydrogen-bond donors (Lipinski definition) is 3. The van der Waals surface area contributed by atoms with Crippen molar-refractivity contribution in [1.29, 1.82) is 0 Å². The van der Waals surface area contributed by atoms with E-state index in [1.165, 1.54) is 0 Å². The van der Waals surface area contributed by atoms with Crippen molar-refractivity contribution in [3.8, 4) is 5.75 Å². The van der Waals surface area contributed by atoms with Crippen LogP contribution in [0.15, 0.2) is 32.6 Å². The summed E-state index contributed by atoms with van der Waals surface area (Å²) >= 11 is 3.35. The van der Waals surface area contributed by atoms with Crippen LogP contribution in [0.25, 0.3) is 0 Å². The molecule has 0 spiro atoms. The molecule has 1 heterocycles. The van der Waals surface area contributed by atoms with Gasteiger partial charge in [0.2, 0.25) is 5.95 Å². The van der Waals surface area contributed by atoms with Gasteiger partial charge in [-0.05, 0) is 31.5 Å². The lowest BCUT2D eigenvalue weighted by Gasteiger charge is -2.08. The Bertz CT molecular complexity index is 742. The Labute approximate surface area is 129 Å². The van der Waals surface area contributed by atoms with Crippen LogP contribution in [0.5, 0.6) is 5.75 Å². The highest BCUT2D eigenvalue weighted by molar-refractivity contribution is 9.10. The van der Waals surface area contributed by atoms with E-state index in [9.17, 15) is 9.90 Å². The Hall–Kier alpha value is -2.22. The minimum Gasteiger partial charge on any atom is -0.507 e. The highest BCUT2D eigenvalue weighted by Crippen LogP contribution is 2.23. The van der Waals surface area contributed by atoms with Crippen LogP contribution >= 0.6 is 15.9 Å². The zero-order chi connectivity index (χ0) is 15.4. The number of aromatic hydroxyl groups is 1. The molecule has 110 valence electrons. The number of rotatable bonds is 4. The zero-order valence-electron chi connectivity index (χ0n) is 11.5. The number of nitrogens with zero attached hydrogens (tertiary/aromatic N) is 3. The van der Waals surface area contributed by atoms with E-state index >= 15 is 0 Å². The van der Waals surface area contributed by atoms with E-state index in [0.717, 1.165) is 4.47 Å². The second kappa shape index (κ2) is 6.49. The lowest BCUT2D eigenvalue weighted by atomic mass is 10.1. The highest BCUT2D eigenvalue weighted by Gasteiger charge is 2.08. The van der Waals surface area contributed by atoms with E-state index in [1.54, 1.807) is 25.1 Å². The number of H-pyrrole nitrogens is 1. The maximum absolute atomic E-state index is 11.4. The van der Waals surface area contributed by atoms with Crippen LogP contribution in [0.1, 0.15) is 24.6 Å². The highest BCUT2D eigenvalue weighted by atomic mass is 79.9. The average Bonchev–Trinajstić information content (AvgIpc) is 2.46. The Morgan fingerprint density at radius 2 is 2.24 bits per heavy atom. The number of aromatic amines is 1. The molecule has 0 aliphatic carbocycles. The summed E-state index contributed by atoms with van der Waals surface area (Å²) in [5, 5.41) is 21.6. The van der Waals surface area contributed by atoms with Gasteiger partial charge in [0.05, 0.1) is 5.71 Å². The van der Waals surface area contributed by atoms with E-state index in [0.29, 0.717) is 17.7 Å². The van der Waals surface area contributed by atoms with Gasteiger partial charge in [0.1, 0.15) is 11.4 Å². The van der Waals surface area contributed by atoms with Crippen molar-refractivity contribution in [3.63, 3.8) is 0 Å². The average molecular weight is 352 g/mol. The number of benzene rings is 1. The molecule has 0 saturated heterocycles. The van der Waals surface area contributed by atoms with Gasteiger partial charge < -0.3 is 5.11 Å². The molecule has 2 rings (SSSR count). The fourth-order valence-electron chi connectivity index (χ4n) is 1.63. The summed E-state index contributed by atoms with van der Waals surface area (Å²) in [6, 6.07) is 5.09. The van der Waals surface area contributed by atoms with Crippen molar-refractivity contribution in [3.05, 3.63) is 44.3 Å². The van der Waals surface area contributed by atoms with E-state index in [-0.39, 0.29) is 23.0 Å². The smallest absolute Gasteiger partial charge is 0.274 e. The van der Waals surface area contributed by atoms with Crippen LogP contribution < -0.4 is 11.0 Å². The molecule has 2 aromatic rings. The molecule has 21 heavy (non-hydrogen) atoms. The van der Waals surface area contributed by atoms with Gasteiger partial charge in [0.25, 0.3) is 5.56 Å². The predicted octanol–water partition coefficient (Wildman–Crippen LogP) is 2.17. The normalized spacial score (nSPS) is 11.5. The summed E-state index contributed by atoms with van der Waals surface area (Å²) in [5.74, 6) is 0.273. The number of halogens is 1. The Morgan fingerprint density at radius 3 is 2.90 bits per heavy atom. The first-order valence-electron chi connectivity index (χ1n) is 6.26. The summed E-state index contributed by atoms with van der Waals surface area (Å²) < 4.78 is 0.833. The Morgan fingerprint density at radius 1 is 1.48 bits per heavy atom. The number of phenols is 1. The fourth-order valence-corrected chi connectivity index (χ4v) is 1.99. The SMILES string of the molecule is CC/C(=N\Nc1nnc(C)c(=O)[nH]1)c1cc(Br)ccc1O. The van der Waals surface area contributed by atoms with Gasteiger partial charge in [-0.2, -0.15) is 5.10 Å². The zero-order valence-corrected chi connectivity index (χ0v) is 13.1. The predicted molar refractivity (Wildman–Crippen MR) is 83.6 cm³/mol. The van der Waals surface area contributed by atoms with Crippen molar-refractivity contribution in [2.24, 2.45) is 5.10 Å². The van der Waals surface area contributed by atoms with Gasteiger partial charge in [0, 0.05) is 10.0 Å². The number of aryl methyl sites for hydroxylation is 1. The first-order valence-corrected chi connectivity index (χ1v) is 7.05. The van der Waals surface area contributed by atoms with E-state index in [4.69, 9.17) is 0 Å². The number of anilines is 1. The van der Waals surface area contributed by atoms with Crippen molar-refractivity contribution in [2.75, 3.05) is 5.43 Å². The Kier molecular flexibility index (Phi) is 4.69. The second-order valence-corrected chi connectivity index (χ2v) is 5.19. The largest absolute Gasteiger partial charge is 0.507 e. The maximum Gasteiger partial charge on any atom is 0.274 e. The van der Waals surface area contributed by atoms with Gasteiger partial charge in [-0.25, -0.2) is 5.43 Å². The fraction of sp³-hybridized carbons (Fsp3) is 0.231. The van der Waals surface area contributed by atoms with Gasteiger partial charge in [-0.15, -0.1) is 10.2 Å². The lowest BCUT2D eigenvalue weighted by Crippen LogP contribution is -2.16. The van der Waals surface area contributed by atoms with Crippen LogP contribution in [0.3, 0.4) is 0 Å². The molecule has 0 saturated carbocycles. The topological polar surface area (TPSA) is 103 Å². The van der Waals surface area contributed by atoms with Crippen LogP contribution in [0.4, 0.5) is 5.95 Å². The number of nitrogens with one attached hydrogen (secondary N) is 2. The number of hydrogen-bond acceptors (Lipinski definition) is 6. The molecule has 0 aliphatic rings. The van der Waals surface area contributed by atoms with Crippen LogP contribution in [-0.4, -0.2) is 26.0 Å². The lowest BCUT2D eigenvalue weighted by molar-refractivity contribution is 0.474. The summed E-state index contributed by atoms with van der Waals surface area (Å²) in [5.41, 5.74) is 3.82. The molecule has 0 aliphatic heterocycles. The molecule has 0 bridgehead atoms. The first kappa shape index (κ1) is 15.2. The number of aromatic nitrogens is 3. The monoisotopic (exact) mass is 351 g/mol. The number of hydrazone groups is 1. The molecule has 0 unspecified atom stereocenters. The van der Waals surface area contributed by atoms with Crippen LogP contribution in [0.2, 0.25) is 0 Å². The molecular formula is C13H14BrN5O2. The molecule has 7 nitrogen and oxygen atoms in total. The molecule has 1 aromatic carbocycles. The van der Waals surface area contributed by atoms with Gasteiger partial charge in [0.15, 0.2) is 0 Å². The van der Waals surface area contributed by atoms with Crippen LogP contribution in [-0.2, 0) is 0 Å². The molecule has 8 heteroatoms. The third-order valence-electron chi connectivity index (χ3n) is 2.76. The molecule has 0 radical (unpaired) electrons. The summed E-state index contributed by atoms with van der Waals surface area (Å²) in [6.07, 6.45) is 0.584. The van der Waals surface area contributed by atoms with Crippen molar-refractivity contribution in [1.82, 2.24) is 15.2 Å². The molecular weight excluding hydrogens is 338 g/mol. The molecule has 0 amide bonds. The van der Waals surface area contributed by atoms with E-state index in [1.807, 2.05) is 6.92 Å². The standard InChI is InChI=1S/C13H14BrN5O2/c1-3-10(9-6-8(14)4-5-11(9)20)17-19-13-15-12(21)7(2)16-18-13/h4-6,20H,3H2,1-2H3,(H2,15,18,19,21)/b17-10+. The minimum absolute atomic E-state index is 0.129. The van der Waals surface area contributed by atoms with E-state index in [2.05, 4.69) is 41.6 Å².